The molecule has 1 aliphatic rings. The molecule has 0 spiro atoms. The van der Waals surface area contributed by atoms with Gasteiger partial charge in [0.25, 0.3) is 0 Å². The third-order valence-corrected chi connectivity index (χ3v) is 13.3. The van der Waals surface area contributed by atoms with Crippen LogP contribution in [-0.2, 0) is 5.41 Å². The first-order valence-corrected chi connectivity index (χ1v) is 22.3. The van der Waals surface area contributed by atoms with E-state index in [-0.39, 0.29) is 40.8 Å². The van der Waals surface area contributed by atoms with Gasteiger partial charge in [-0.3, -0.25) is 0 Å². The van der Waals surface area contributed by atoms with Gasteiger partial charge in [-0.15, -0.1) is 0 Å². The Bertz CT molecular complexity index is 3770. The largest absolute Gasteiger partial charge is 0.310 e. The summed E-state index contributed by atoms with van der Waals surface area (Å²) in [7, 11) is 0. The minimum Gasteiger partial charge on any atom is -0.310 e. The third kappa shape index (κ3) is 6.49. The topological polar surface area (TPSA) is 8.17 Å². The lowest BCUT2D eigenvalue weighted by Gasteiger charge is -2.28. The van der Waals surface area contributed by atoms with Crippen molar-refractivity contribution in [2.24, 2.45) is 0 Å². The Hall–Kier alpha value is -8.20. The van der Waals surface area contributed by atoms with Gasteiger partial charge in [0, 0.05) is 38.8 Å². The van der Waals surface area contributed by atoms with Gasteiger partial charge < -0.3 is 9.47 Å². The van der Waals surface area contributed by atoms with Crippen LogP contribution in [0.25, 0.3) is 83.1 Å². The van der Waals surface area contributed by atoms with Crippen molar-refractivity contribution in [3.63, 3.8) is 0 Å². The first-order valence-electron chi connectivity index (χ1n) is 24.3. The van der Waals surface area contributed by atoms with Crippen LogP contribution >= 0.6 is 0 Å². The van der Waals surface area contributed by atoms with E-state index in [1.807, 2.05) is 47.4 Å². The zero-order valence-corrected chi connectivity index (χ0v) is 36.2. The molecular formula is C63H46N2. The molecule has 2 nitrogen and oxygen atoms in total. The highest BCUT2D eigenvalue weighted by Crippen LogP contribution is 2.51. The second kappa shape index (κ2) is 15.6. The Morgan fingerprint density at radius 1 is 0.354 bits per heavy atom. The van der Waals surface area contributed by atoms with E-state index >= 15 is 0 Å². The van der Waals surface area contributed by atoms with E-state index in [2.05, 4.69) is 194 Å². The first kappa shape index (κ1) is 34.3. The summed E-state index contributed by atoms with van der Waals surface area (Å²) in [6, 6.07) is 74.7. The van der Waals surface area contributed by atoms with E-state index in [4.69, 9.17) is 0 Å². The fourth-order valence-corrected chi connectivity index (χ4v) is 10.1. The molecule has 0 fully saturated rings. The van der Waals surface area contributed by atoms with Crippen LogP contribution in [0.3, 0.4) is 0 Å². The maximum atomic E-state index is 9.87. The zero-order valence-electron chi connectivity index (χ0n) is 40.2. The molecule has 1 aromatic heterocycles. The number of nitrogens with zero attached hydrogens (tertiary/aromatic N) is 2. The maximum absolute atomic E-state index is 9.87. The standard InChI is InChI=1S/C63H46N2/c1-63(2)58-26-14-11-24-54(58)55-39-38-50(42-59(55)63)64(49-36-31-46(32-37-49)52-22-10-9-21-51(52)44-17-5-3-6-18-44)48-34-29-43(30-35-48)47-33-40-62-57(41-47)56-25-13-16-28-61(56)65(62)60-27-15-12-23-53(60)45-19-7-4-8-20-45/h3-42H,1-2H3/i29D,30D,34D,35D. The molecule has 65 heavy (non-hydrogen) atoms. The molecule has 12 rings (SSSR count). The molecule has 0 radical (unpaired) electrons. The summed E-state index contributed by atoms with van der Waals surface area (Å²) in [6.45, 7) is 4.48. The Kier molecular flexibility index (Phi) is 8.21. The van der Waals surface area contributed by atoms with Crippen molar-refractivity contribution >= 4 is 38.9 Å². The Morgan fingerprint density at radius 3 is 1.60 bits per heavy atom. The van der Waals surface area contributed by atoms with Gasteiger partial charge in [0.2, 0.25) is 0 Å². The predicted octanol–water partition coefficient (Wildman–Crippen LogP) is 17.2. The van der Waals surface area contributed by atoms with Crippen LogP contribution in [0.1, 0.15) is 30.5 Å². The number of para-hydroxylation sites is 2. The van der Waals surface area contributed by atoms with Gasteiger partial charge in [-0.1, -0.05) is 196 Å². The summed E-state index contributed by atoms with van der Waals surface area (Å²) in [4.78, 5) is 1.91. The van der Waals surface area contributed by atoms with E-state index in [1.54, 1.807) is 0 Å². The summed E-state index contributed by atoms with van der Waals surface area (Å²) >= 11 is 0. The summed E-state index contributed by atoms with van der Waals surface area (Å²) in [5.74, 6) is 0. The number of hydrogen-bond acceptors (Lipinski definition) is 1. The molecule has 1 aliphatic carbocycles. The van der Waals surface area contributed by atoms with Gasteiger partial charge >= 0.3 is 0 Å². The van der Waals surface area contributed by atoms with Crippen LogP contribution in [-0.4, -0.2) is 4.57 Å². The molecule has 2 heteroatoms. The average molecular weight is 835 g/mol. The van der Waals surface area contributed by atoms with Gasteiger partial charge in [0.1, 0.15) is 0 Å². The van der Waals surface area contributed by atoms with Gasteiger partial charge in [-0.25, -0.2) is 0 Å². The molecule has 1 heterocycles. The fraction of sp³-hybridized carbons (Fsp3) is 0.0476. The highest BCUT2D eigenvalue weighted by molar-refractivity contribution is 6.11. The minimum absolute atomic E-state index is 0.101. The number of anilines is 3. The lowest BCUT2D eigenvalue weighted by molar-refractivity contribution is 0.660. The monoisotopic (exact) mass is 834 g/mol. The van der Waals surface area contributed by atoms with E-state index in [0.29, 0.717) is 5.56 Å². The molecule has 0 atom stereocenters. The van der Waals surface area contributed by atoms with E-state index in [9.17, 15) is 5.48 Å². The van der Waals surface area contributed by atoms with Crippen LogP contribution in [0.5, 0.6) is 0 Å². The smallest absolute Gasteiger partial charge is 0.0645 e. The SMILES string of the molecule is [2H]c1c([2H])c(N(c2ccc(-c3ccccc3-c3ccccc3)cc2)c2ccc3c(c2)C(C)(C)c2ccccc2-3)c([2H])c([2H])c1-c1ccc2c(c1)c1ccccc1n2-c1ccccc1-c1ccccc1. The van der Waals surface area contributed by atoms with Crippen molar-refractivity contribution in [1.29, 1.82) is 0 Å². The first-order chi connectivity index (χ1) is 33.7. The third-order valence-electron chi connectivity index (χ3n) is 13.3. The number of benzene rings is 10. The molecule has 0 saturated carbocycles. The van der Waals surface area contributed by atoms with Crippen molar-refractivity contribution in [2.45, 2.75) is 19.3 Å². The van der Waals surface area contributed by atoms with Gasteiger partial charge in [-0.2, -0.15) is 0 Å². The van der Waals surface area contributed by atoms with Gasteiger partial charge in [-0.05, 0) is 122 Å². The Balaban J connectivity index is 1.02. The molecule has 0 unspecified atom stereocenters. The zero-order chi connectivity index (χ0) is 47.0. The second-order valence-corrected chi connectivity index (χ2v) is 17.4. The van der Waals surface area contributed by atoms with Gasteiger partial charge in [0.05, 0.1) is 22.2 Å². The maximum Gasteiger partial charge on any atom is 0.0645 e. The normalized spacial score (nSPS) is 13.4. The molecule has 0 aliphatic heterocycles. The number of rotatable bonds is 8. The molecule has 0 bridgehead atoms. The molecule has 0 N–H and O–H groups in total. The minimum atomic E-state index is -0.303. The summed E-state index contributed by atoms with van der Waals surface area (Å²) in [5.41, 5.74) is 16.6. The Morgan fingerprint density at radius 2 is 0.877 bits per heavy atom. The number of aromatic nitrogens is 1. The van der Waals surface area contributed by atoms with E-state index < -0.39 is 0 Å². The van der Waals surface area contributed by atoms with Gasteiger partial charge in [0.15, 0.2) is 0 Å². The van der Waals surface area contributed by atoms with Crippen molar-refractivity contribution in [3.8, 4) is 61.3 Å². The predicted molar refractivity (Wildman–Crippen MR) is 275 cm³/mol. The van der Waals surface area contributed by atoms with Crippen molar-refractivity contribution in [1.82, 2.24) is 4.57 Å². The van der Waals surface area contributed by atoms with Crippen LogP contribution in [0, 0.1) is 0 Å². The lowest BCUT2D eigenvalue weighted by Crippen LogP contribution is -2.16. The molecule has 308 valence electrons. The fourth-order valence-electron chi connectivity index (χ4n) is 10.1. The van der Waals surface area contributed by atoms with E-state index in [1.165, 1.54) is 11.1 Å². The molecule has 11 aromatic rings. The van der Waals surface area contributed by atoms with Crippen molar-refractivity contribution in [3.05, 3.63) is 254 Å². The summed E-state index contributed by atoms with van der Waals surface area (Å²) in [6.07, 6.45) is 0. The Labute approximate surface area is 386 Å². The van der Waals surface area contributed by atoms with Crippen LogP contribution < -0.4 is 4.90 Å². The second-order valence-electron chi connectivity index (χ2n) is 17.4. The van der Waals surface area contributed by atoms with Crippen LogP contribution in [0.15, 0.2) is 243 Å². The lowest BCUT2D eigenvalue weighted by atomic mass is 9.82. The highest BCUT2D eigenvalue weighted by Gasteiger charge is 2.35. The van der Waals surface area contributed by atoms with Crippen molar-refractivity contribution in [2.75, 3.05) is 4.90 Å². The highest BCUT2D eigenvalue weighted by atomic mass is 15.1. The van der Waals surface area contributed by atoms with Crippen LogP contribution in [0.2, 0.25) is 0 Å². The number of hydrogen-bond donors (Lipinski definition) is 0. The molecule has 10 aromatic carbocycles. The average Bonchev–Trinajstić information content (AvgIpc) is 3.85. The number of fused-ring (bicyclic) bond motifs is 6. The van der Waals surface area contributed by atoms with E-state index in [0.717, 1.165) is 83.4 Å². The molecule has 0 saturated heterocycles. The summed E-state index contributed by atoms with van der Waals surface area (Å²) < 4.78 is 41.6. The molecule has 0 amide bonds. The van der Waals surface area contributed by atoms with Crippen molar-refractivity contribution < 1.29 is 5.48 Å². The van der Waals surface area contributed by atoms with Crippen LogP contribution in [0.4, 0.5) is 17.1 Å². The summed E-state index contributed by atoms with van der Waals surface area (Å²) in [5, 5.41) is 2.00. The quantitative estimate of drug-likeness (QED) is 0.148. The molecular weight excluding hydrogens is 785 g/mol.